The van der Waals surface area contributed by atoms with Gasteiger partial charge in [0.05, 0.1) is 0 Å². The number of rotatable bonds is 0. The molecule has 5 heteroatoms. The van der Waals surface area contributed by atoms with E-state index in [4.69, 9.17) is 28.5 Å². The summed E-state index contributed by atoms with van der Waals surface area (Å²) in [5.41, 5.74) is 0. The van der Waals surface area contributed by atoms with E-state index in [9.17, 15) is 0 Å². The van der Waals surface area contributed by atoms with Crippen molar-refractivity contribution >= 4 is 6.79 Å². The molecule has 0 saturated heterocycles. The molecule has 0 amide bonds. The maximum atomic E-state index is 8.00. The molecule has 0 saturated carbocycles. The predicted molar refractivity (Wildman–Crippen MR) is 17.1 cm³/mol. The van der Waals surface area contributed by atoms with E-state index in [0.29, 0.717) is 0 Å². The molecule has 0 bridgehead atoms. The maximum absolute atomic E-state index is 8.00. The topological polar surface area (TPSA) is 64.7 Å². The second-order valence-electron chi connectivity index (χ2n) is 0. The number of nitrogens with zero attached hydrogens (tertiary/aromatic N) is 2. The number of carbonyl (C=O) groups is 1. The average Bonchev–Trinajstić information content (AvgIpc) is 1.81. The summed E-state index contributed by atoms with van der Waals surface area (Å²) >= 11 is 0. The molecule has 0 spiro atoms. The van der Waals surface area contributed by atoms with Crippen molar-refractivity contribution in [3.8, 4) is 0 Å². The molecule has 8 heavy (non-hydrogen) atoms. The third-order valence-corrected chi connectivity index (χ3v) is 0. The number of carbonyl (C=O) groups excluding carboxylic acids is 1. The molecule has 0 aromatic rings. The van der Waals surface area contributed by atoms with Crippen LogP contribution in [-0.4, -0.2) is 6.79 Å². The number of hydrogen-bond acceptors (Lipinski definition) is 3. The fourth-order valence-electron chi connectivity index (χ4n) is 0. The van der Waals surface area contributed by atoms with E-state index in [2.05, 4.69) is 0 Å². The van der Waals surface area contributed by atoms with Crippen LogP contribution in [0.4, 0.5) is 0 Å². The molecule has 44 valence electrons. The van der Waals surface area contributed by atoms with Crippen LogP contribution in [0.25, 0.3) is 0 Å². The summed E-state index contributed by atoms with van der Waals surface area (Å²) in [6.07, 6.45) is 0. The summed E-state index contributed by atoms with van der Waals surface area (Å²) in [6.45, 7) is 11.5. The van der Waals surface area contributed by atoms with Gasteiger partial charge in [-0.2, -0.15) is 0 Å². The Morgan fingerprint density at radius 1 is 0.875 bits per heavy atom. The second-order valence-corrected chi connectivity index (χ2v) is 0. The Morgan fingerprint density at radius 2 is 0.875 bits per heavy atom. The van der Waals surface area contributed by atoms with Gasteiger partial charge in [0.1, 0.15) is 6.79 Å². The van der Waals surface area contributed by atoms with Gasteiger partial charge in [0.2, 0.25) is 0 Å². The quantitative estimate of drug-likeness (QED) is 0.489. The van der Waals surface area contributed by atoms with Crippen molar-refractivity contribution in [3.63, 3.8) is 0 Å². The normalized spacial score (nSPS) is 1.00. The van der Waals surface area contributed by atoms with Gasteiger partial charge in [-0.1, -0.05) is 0 Å². The molecule has 0 aromatic heterocycles. The van der Waals surface area contributed by atoms with Gasteiger partial charge >= 0.3 is 0 Å². The predicted octanol–water partition coefficient (Wildman–Crippen LogP) is 0.00284. The van der Waals surface area contributed by atoms with E-state index >= 15 is 0 Å². The average molecular weight is 450 g/mol. The van der Waals surface area contributed by atoms with Crippen LogP contribution in [0.1, 0.15) is 0 Å². The largest absolute Gasteiger partial charge is 0.512 e. The van der Waals surface area contributed by atoms with Gasteiger partial charge in [-0.3, -0.25) is 0 Å². The van der Waals surface area contributed by atoms with Gasteiger partial charge in [-0.05, 0) is 0 Å². The van der Waals surface area contributed by atoms with Crippen molar-refractivity contribution in [2.24, 2.45) is 0 Å². The van der Waals surface area contributed by atoms with Gasteiger partial charge in [0, 0.05) is 42.1 Å². The molecule has 3 nitrogen and oxygen atoms in total. The van der Waals surface area contributed by atoms with E-state index in [0.717, 1.165) is 0 Å². The Hall–Kier alpha value is 0.0266. The monoisotopic (exact) mass is 450 g/mol. The van der Waals surface area contributed by atoms with Crippen molar-refractivity contribution in [3.05, 3.63) is 13.1 Å². The third kappa shape index (κ3) is 215000. The Morgan fingerprint density at radius 3 is 0.875 bits per heavy atom. The van der Waals surface area contributed by atoms with E-state index < -0.39 is 0 Å². The van der Waals surface area contributed by atoms with Crippen LogP contribution in [0.15, 0.2) is 0 Å². The van der Waals surface area contributed by atoms with Crippen molar-refractivity contribution in [1.29, 1.82) is 10.5 Å². The van der Waals surface area contributed by atoms with Gasteiger partial charge in [0.25, 0.3) is 0 Å². The zero-order valence-corrected chi connectivity index (χ0v) is 9.69. The molecule has 0 N–H and O–H groups in total. The smallest absolute Gasteiger partial charge is 0.106 e. The minimum absolute atomic E-state index is 0. The maximum Gasteiger partial charge on any atom is 0.106 e. The molecule has 0 heterocycles. The molecule has 0 atom stereocenters. The van der Waals surface area contributed by atoms with Crippen LogP contribution in [0.3, 0.4) is 0 Å². The minimum atomic E-state index is 0. The van der Waals surface area contributed by atoms with Crippen LogP contribution in [0.5, 0.6) is 0 Å². The first-order chi connectivity index (χ1) is 3.00. The summed E-state index contributed by atoms with van der Waals surface area (Å²) < 4.78 is 0. The molecule has 0 rings (SSSR count). The van der Waals surface area contributed by atoms with Gasteiger partial charge in [0.15, 0.2) is 0 Å². The molecular formula is C3H2N2OW2-2. The Labute approximate surface area is 77.2 Å². The molecular weight excluding hydrogens is 448 g/mol. The zero-order chi connectivity index (χ0) is 6.00. The molecule has 0 aromatic carbocycles. The first-order valence-corrected chi connectivity index (χ1v) is 0.736. The first kappa shape index (κ1) is 43.3. The molecule has 0 unspecified atom stereocenters. The molecule has 0 fully saturated rings. The summed E-state index contributed by atoms with van der Waals surface area (Å²) in [5.74, 6) is 0. The van der Waals surface area contributed by atoms with Crippen molar-refractivity contribution in [2.45, 2.75) is 0 Å². The van der Waals surface area contributed by atoms with E-state index in [-0.39, 0.29) is 42.1 Å². The van der Waals surface area contributed by atoms with Crippen LogP contribution in [0, 0.1) is 23.7 Å². The SMILES string of the molecule is C=O.[C-]#N.[C-]#N.[W].[W]. The van der Waals surface area contributed by atoms with Crippen LogP contribution < -0.4 is 0 Å². The summed E-state index contributed by atoms with van der Waals surface area (Å²) in [5, 5.41) is 12.5. The summed E-state index contributed by atoms with van der Waals surface area (Å²) in [4.78, 5) is 8.00. The standard InChI is InChI=1S/2CN.CH2O.2W/c3*1-2;;/h;;1H2;;/q2*-1;;;. The number of hydrogen-bond donors (Lipinski definition) is 0. The Bertz CT molecular complexity index is 39.0. The van der Waals surface area contributed by atoms with Crippen LogP contribution in [0.2, 0.25) is 0 Å². The van der Waals surface area contributed by atoms with E-state index in [1.165, 1.54) is 0 Å². The van der Waals surface area contributed by atoms with E-state index in [1.807, 2.05) is 6.79 Å². The van der Waals surface area contributed by atoms with Crippen LogP contribution >= 0.6 is 0 Å². The van der Waals surface area contributed by atoms with Crippen molar-refractivity contribution in [1.82, 2.24) is 0 Å². The van der Waals surface area contributed by atoms with Crippen LogP contribution in [-0.2, 0) is 46.9 Å². The zero-order valence-electron chi connectivity index (χ0n) is 3.83. The fourth-order valence-corrected chi connectivity index (χ4v) is 0. The fraction of sp³-hybridized carbons (Fsp3) is 0. The van der Waals surface area contributed by atoms with Gasteiger partial charge in [-0.15, -0.1) is 0 Å². The first-order valence-electron chi connectivity index (χ1n) is 0.736. The molecule has 0 aliphatic heterocycles. The Balaban J connectivity index is -0.00000000500. The van der Waals surface area contributed by atoms with Crippen molar-refractivity contribution in [2.75, 3.05) is 0 Å². The summed E-state index contributed by atoms with van der Waals surface area (Å²) in [6, 6.07) is 0. The second kappa shape index (κ2) is 360000. The minimum Gasteiger partial charge on any atom is -0.512 e. The van der Waals surface area contributed by atoms with Crippen molar-refractivity contribution < 1.29 is 46.9 Å². The van der Waals surface area contributed by atoms with E-state index in [1.54, 1.807) is 0 Å². The summed E-state index contributed by atoms with van der Waals surface area (Å²) in [7, 11) is 0. The molecule has 0 aliphatic carbocycles. The van der Waals surface area contributed by atoms with Gasteiger partial charge < -0.3 is 28.5 Å². The van der Waals surface area contributed by atoms with Gasteiger partial charge in [-0.25, -0.2) is 0 Å². The molecule has 0 radical (unpaired) electrons. The Kier molecular flexibility index (Phi) is 1950000. The third-order valence-electron chi connectivity index (χ3n) is 0. The molecule has 0 aliphatic rings.